The van der Waals surface area contributed by atoms with Crippen LogP contribution in [0.25, 0.3) is 10.8 Å². The van der Waals surface area contributed by atoms with Crippen molar-refractivity contribution in [2.75, 3.05) is 25.5 Å². The Morgan fingerprint density at radius 2 is 2.03 bits per heavy atom. The number of rotatable bonds is 4. The van der Waals surface area contributed by atoms with Crippen molar-refractivity contribution in [1.29, 1.82) is 0 Å². The van der Waals surface area contributed by atoms with Crippen LogP contribution in [0.1, 0.15) is 27.4 Å². The monoisotopic (exact) mass is 436 g/mol. The number of aryl methyl sites for hydroxylation is 1. The first-order chi connectivity index (χ1) is 14.9. The van der Waals surface area contributed by atoms with Crippen LogP contribution in [0.15, 0.2) is 48.8 Å². The first-order valence-electron chi connectivity index (χ1n) is 9.82. The number of nitrogens with one attached hydrogen (secondary N) is 2. The molecule has 8 heteroatoms. The Kier molecular flexibility index (Phi) is 5.61. The van der Waals surface area contributed by atoms with Crippen LogP contribution >= 0.6 is 11.6 Å². The van der Waals surface area contributed by atoms with Gasteiger partial charge in [0.1, 0.15) is 0 Å². The molecule has 4 rings (SSSR count). The van der Waals surface area contributed by atoms with E-state index in [9.17, 15) is 14.4 Å². The predicted octanol–water partition coefficient (Wildman–Crippen LogP) is 3.12. The highest BCUT2D eigenvalue weighted by Crippen LogP contribution is 2.33. The van der Waals surface area contributed by atoms with Gasteiger partial charge < -0.3 is 15.5 Å². The van der Waals surface area contributed by atoms with E-state index in [1.165, 1.54) is 11.9 Å². The quantitative estimate of drug-likeness (QED) is 0.657. The lowest BCUT2D eigenvalue weighted by molar-refractivity contribution is -0.122. The van der Waals surface area contributed by atoms with Gasteiger partial charge in [-0.05, 0) is 36.2 Å². The molecule has 1 aliphatic rings. The zero-order valence-corrected chi connectivity index (χ0v) is 17.9. The number of benzene rings is 2. The maximum Gasteiger partial charge on any atom is 0.254 e. The molecule has 0 aliphatic carbocycles. The minimum Gasteiger partial charge on any atom is -0.358 e. The van der Waals surface area contributed by atoms with Gasteiger partial charge in [-0.3, -0.25) is 19.4 Å². The average Bonchev–Trinajstić information content (AvgIpc) is 2.75. The summed E-state index contributed by atoms with van der Waals surface area (Å²) in [5.74, 6) is -1.59. The second-order valence-corrected chi connectivity index (χ2v) is 7.93. The topological polar surface area (TPSA) is 91.4 Å². The Labute approximate surface area is 184 Å². The van der Waals surface area contributed by atoms with Crippen molar-refractivity contribution in [3.63, 3.8) is 0 Å². The first kappa shape index (κ1) is 20.8. The molecule has 7 nitrogen and oxygen atoms in total. The highest BCUT2D eigenvalue weighted by molar-refractivity contribution is 6.30. The predicted molar refractivity (Wildman–Crippen MR) is 119 cm³/mol. The molecular weight excluding hydrogens is 416 g/mol. The summed E-state index contributed by atoms with van der Waals surface area (Å²) in [6.07, 6.45) is 3.36. The molecule has 2 aromatic carbocycles. The average molecular weight is 437 g/mol. The number of amides is 3. The Bertz CT molecular complexity index is 1210. The van der Waals surface area contributed by atoms with Crippen molar-refractivity contribution in [3.05, 3.63) is 70.5 Å². The number of hydrogen-bond acceptors (Lipinski definition) is 4. The number of carbonyl (C=O) groups excluding carboxylic acids is 3. The molecule has 158 valence electrons. The van der Waals surface area contributed by atoms with Gasteiger partial charge in [-0.25, -0.2) is 0 Å². The van der Waals surface area contributed by atoms with E-state index in [1.807, 2.05) is 25.1 Å². The molecule has 2 heterocycles. The van der Waals surface area contributed by atoms with Gasteiger partial charge in [0.05, 0.1) is 24.3 Å². The number of likely N-dealkylation sites (N-methyl/N-ethyl adjacent to an activating group) is 1. The molecule has 31 heavy (non-hydrogen) atoms. The number of aromatic nitrogens is 1. The molecule has 0 radical (unpaired) electrons. The largest absolute Gasteiger partial charge is 0.358 e. The van der Waals surface area contributed by atoms with E-state index in [0.717, 1.165) is 16.3 Å². The molecule has 0 saturated carbocycles. The van der Waals surface area contributed by atoms with Gasteiger partial charge in [0.15, 0.2) is 0 Å². The molecule has 3 amide bonds. The van der Waals surface area contributed by atoms with E-state index in [2.05, 4.69) is 15.6 Å². The molecule has 1 unspecified atom stereocenters. The maximum absolute atomic E-state index is 13.4. The molecule has 1 atom stereocenters. The van der Waals surface area contributed by atoms with Crippen LogP contribution < -0.4 is 10.6 Å². The number of fused-ring (bicyclic) bond motifs is 2. The number of hydrogen-bond donors (Lipinski definition) is 2. The standard InChI is InChI=1S/C23H21ClN4O3/c1-13-4-3-5-14-9-26-10-19(21(13)14)27-22(30)18-11-28(12-20(29)25-2)23(31)16-7-6-15(24)8-17(16)18/h3-10,18H,11-12H2,1-2H3,(H,25,29)(H,27,30). The summed E-state index contributed by atoms with van der Waals surface area (Å²) in [6, 6.07) is 10.7. The number of carbonyl (C=O) groups is 3. The second kappa shape index (κ2) is 8.35. The van der Waals surface area contributed by atoms with Crippen LogP contribution in [0, 0.1) is 6.92 Å². The van der Waals surface area contributed by atoms with Gasteiger partial charge in [-0.2, -0.15) is 0 Å². The summed E-state index contributed by atoms with van der Waals surface area (Å²) in [4.78, 5) is 43.8. The Morgan fingerprint density at radius 3 is 2.81 bits per heavy atom. The summed E-state index contributed by atoms with van der Waals surface area (Å²) in [5.41, 5.74) is 2.53. The lowest BCUT2D eigenvalue weighted by atomic mass is 9.88. The van der Waals surface area contributed by atoms with Crippen LogP contribution in [0.5, 0.6) is 0 Å². The van der Waals surface area contributed by atoms with E-state index < -0.39 is 5.92 Å². The van der Waals surface area contributed by atoms with Crippen LogP contribution in [-0.4, -0.2) is 47.7 Å². The molecule has 1 aromatic heterocycles. The van der Waals surface area contributed by atoms with Gasteiger partial charge in [0, 0.05) is 41.1 Å². The fourth-order valence-electron chi connectivity index (χ4n) is 3.94. The number of halogens is 1. The highest BCUT2D eigenvalue weighted by Gasteiger charge is 2.36. The third kappa shape index (κ3) is 3.96. The SMILES string of the molecule is CNC(=O)CN1CC(C(=O)Nc2cncc3cccc(C)c23)c2cc(Cl)ccc2C1=O. The van der Waals surface area contributed by atoms with Gasteiger partial charge in [-0.1, -0.05) is 29.8 Å². The fraction of sp³-hybridized carbons (Fsp3) is 0.217. The van der Waals surface area contributed by atoms with E-state index >= 15 is 0 Å². The number of pyridine rings is 1. The maximum atomic E-state index is 13.4. The molecular formula is C23H21ClN4O3. The second-order valence-electron chi connectivity index (χ2n) is 7.49. The van der Waals surface area contributed by atoms with Gasteiger partial charge in [0.2, 0.25) is 11.8 Å². The third-order valence-corrected chi connectivity index (χ3v) is 5.72. The van der Waals surface area contributed by atoms with Crippen molar-refractivity contribution < 1.29 is 14.4 Å². The first-order valence-corrected chi connectivity index (χ1v) is 10.2. The summed E-state index contributed by atoms with van der Waals surface area (Å²) < 4.78 is 0. The van der Waals surface area contributed by atoms with Crippen molar-refractivity contribution >= 4 is 45.8 Å². The van der Waals surface area contributed by atoms with Gasteiger partial charge in [0.25, 0.3) is 5.91 Å². The van der Waals surface area contributed by atoms with Crippen LogP contribution in [0.2, 0.25) is 5.02 Å². The molecule has 0 fully saturated rings. The fourth-order valence-corrected chi connectivity index (χ4v) is 4.12. The van der Waals surface area contributed by atoms with Crippen molar-refractivity contribution in [2.45, 2.75) is 12.8 Å². The summed E-state index contributed by atoms with van der Waals surface area (Å²) in [5, 5.41) is 7.75. The normalized spacial score (nSPS) is 15.5. The molecule has 2 N–H and O–H groups in total. The minimum absolute atomic E-state index is 0.0720. The van der Waals surface area contributed by atoms with Crippen LogP contribution in [0.4, 0.5) is 5.69 Å². The Balaban J connectivity index is 1.72. The van der Waals surface area contributed by atoms with E-state index in [0.29, 0.717) is 21.8 Å². The smallest absolute Gasteiger partial charge is 0.254 e. The van der Waals surface area contributed by atoms with Crippen molar-refractivity contribution in [3.8, 4) is 0 Å². The van der Waals surface area contributed by atoms with E-state index in [-0.39, 0.29) is 30.8 Å². The van der Waals surface area contributed by atoms with E-state index in [4.69, 9.17) is 11.6 Å². The molecule has 0 bridgehead atoms. The zero-order valence-electron chi connectivity index (χ0n) is 17.1. The van der Waals surface area contributed by atoms with E-state index in [1.54, 1.807) is 30.6 Å². The van der Waals surface area contributed by atoms with Crippen molar-refractivity contribution in [1.82, 2.24) is 15.2 Å². The van der Waals surface area contributed by atoms with Crippen molar-refractivity contribution in [2.24, 2.45) is 0 Å². The third-order valence-electron chi connectivity index (χ3n) is 5.49. The molecule has 0 spiro atoms. The highest BCUT2D eigenvalue weighted by atomic mass is 35.5. The zero-order chi connectivity index (χ0) is 22.1. The van der Waals surface area contributed by atoms with Gasteiger partial charge in [-0.15, -0.1) is 0 Å². The lowest BCUT2D eigenvalue weighted by Gasteiger charge is -2.33. The summed E-state index contributed by atoms with van der Waals surface area (Å²) in [6.45, 7) is 1.91. The molecule has 0 saturated heterocycles. The summed E-state index contributed by atoms with van der Waals surface area (Å²) in [7, 11) is 1.50. The van der Waals surface area contributed by atoms with Gasteiger partial charge >= 0.3 is 0 Å². The Morgan fingerprint density at radius 1 is 1.23 bits per heavy atom. The lowest BCUT2D eigenvalue weighted by Crippen LogP contribution is -2.47. The minimum atomic E-state index is -0.685. The number of nitrogens with zero attached hydrogens (tertiary/aromatic N) is 2. The summed E-state index contributed by atoms with van der Waals surface area (Å²) >= 11 is 6.17. The number of anilines is 1. The molecule has 1 aliphatic heterocycles. The van der Waals surface area contributed by atoms with Crippen LogP contribution in [-0.2, 0) is 9.59 Å². The van der Waals surface area contributed by atoms with Crippen LogP contribution in [0.3, 0.4) is 0 Å². The Hall–Kier alpha value is -3.45. The molecule has 3 aromatic rings.